The fraction of sp³-hybridized carbons (Fsp3) is 0.562. The Kier molecular flexibility index (Phi) is 5.06. The van der Waals surface area contributed by atoms with Crippen LogP contribution in [0.15, 0.2) is 29.9 Å². The highest BCUT2D eigenvalue weighted by atomic mass is 32.1. The number of thiophene rings is 1. The van der Waals surface area contributed by atoms with Crippen LogP contribution in [0.1, 0.15) is 19.8 Å². The molecule has 0 aliphatic carbocycles. The summed E-state index contributed by atoms with van der Waals surface area (Å²) in [5.74, 6) is 1.68. The number of imidazole rings is 1. The third-order valence-corrected chi connectivity index (χ3v) is 4.91. The number of hydrogen-bond donors (Lipinski definition) is 1. The number of rotatable bonds is 7. The molecule has 1 aliphatic rings. The molecule has 1 aliphatic heterocycles. The molecule has 2 aromatic heterocycles. The lowest BCUT2D eigenvalue weighted by atomic mass is 9.98. The molecule has 0 spiro atoms. The van der Waals surface area contributed by atoms with E-state index in [1.54, 1.807) is 11.3 Å². The van der Waals surface area contributed by atoms with E-state index in [0.29, 0.717) is 12.0 Å². The Morgan fingerprint density at radius 3 is 3.24 bits per heavy atom. The van der Waals surface area contributed by atoms with Crippen molar-refractivity contribution in [1.29, 1.82) is 0 Å². The standard InChI is InChI=1S/C16H23N3OS/c1-2-6-17-14(13-5-9-20-12-13)11-19-8-7-18-16(19)15-4-3-10-21-15/h3-4,7-8,10,13-14,17H,2,5-6,9,11-12H2,1H3. The summed E-state index contributed by atoms with van der Waals surface area (Å²) in [5.41, 5.74) is 0. The quantitative estimate of drug-likeness (QED) is 0.854. The predicted octanol–water partition coefficient (Wildman–Crippen LogP) is 3.02. The average molecular weight is 305 g/mol. The van der Waals surface area contributed by atoms with Crippen molar-refractivity contribution in [3.8, 4) is 10.7 Å². The number of nitrogens with zero attached hydrogens (tertiary/aromatic N) is 2. The van der Waals surface area contributed by atoms with Crippen LogP contribution in [0, 0.1) is 5.92 Å². The van der Waals surface area contributed by atoms with Gasteiger partial charge in [-0.15, -0.1) is 11.3 Å². The van der Waals surface area contributed by atoms with Gasteiger partial charge in [-0.25, -0.2) is 4.98 Å². The van der Waals surface area contributed by atoms with Crippen molar-refractivity contribution in [1.82, 2.24) is 14.9 Å². The van der Waals surface area contributed by atoms with Crippen molar-refractivity contribution in [3.63, 3.8) is 0 Å². The molecule has 0 amide bonds. The van der Waals surface area contributed by atoms with Crippen molar-refractivity contribution in [2.75, 3.05) is 19.8 Å². The molecular formula is C16H23N3OS. The lowest BCUT2D eigenvalue weighted by Gasteiger charge is -2.25. The molecule has 4 nitrogen and oxygen atoms in total. The van der Waals surface area contributed by atoms with Gasteiger partial charge in [-0.1, -0.05) is 13.0 Å². The van der Waals surface area contributed by atoms with Crippen molar-refractivity contribution in [3.05, 3.63) is 29.9 Å². The van der Waals surface area contributed by atoms with E-state index in [-0.39, 0.29) is 0 Å². The lowest BCUT2D eigenvalue weighted by Crippen LogP contribution is -2.40. The Hall–Kier alpha value is -1.17. The molecule has 2 aromatic rings. The summed E-state index contributed by atoms with van der Waals surface area (Å²) >= 11 is 1.74. The summed E-state index contributed by atoms with van der Waals surface area (Å²) in [6.07, 6.45) is 6.30. The molecule has 5 heteroatoms. The Labute approximate surface area is 130 Å². The Balaban J connectivity index is 1.74. The van der Waals surface area contributed by atoms with E-state index in [1.807, 2.05) is 6.20 Å². The molecule has 3 rings (SSSR count). The molecule has 0 saturated carbocycles. The first kappa shape index (κ1) is 14.8. The van der Waals surface area contributed by atoms with Crippen LogP contribution < -0.4 is 5.32 Å². The van der Waals surface area contributed by atoms with Gasteiger partial charge in [0.05, 0.1) is 11.5 Å². The molecule has 0 radical (unpaired) electrons. The van der Waals surface area contributed by atoms with Crippen LogP contribution in [0.2, 0.25) is 0 Å². The molecule has 1 N–H and O–H groups in total. The second kappa shape index (κ2) is 7.20. The van der Waals surface area contributed by atoms with Gasteiger partial charge >= 0.3 is 0 Å². The number of ether oxygens (including phenoxy) is 1. The summed E-state index contributed by atoms with van der Waals surface area (Å²) < 4.78 is 7.85. The van der Waals surface area contributed by atoms with Gasteiger partial charge in [-0.2, -0.15) is 0 Å². The van der Waals surface area contributed by atoms with Crippen LogP contribution in [0.5, 0.6) is 0 Å². The second-order valence-electron chi connectivity index (χ2n) is 5.56. The molecule has 114 valence electrons. The van der Waals surface area contributed by atoms with Crippen molar-refractivity contribution < 1.29 is 4.74 Å². The van der Waals surface area contributed by atoms with Gasteiger partial charge in [-0.05, 0) is 30.8 Å². The Morgan fingerprint density at radius 2 is 2.52 bits per heavy atom. The van der Waals surface area contributed by atoms with Gasteiger partial charge < -0.3 is 14.6 Å². The van der Waals surface area contributed by atoms with E-state index in [4.69, 9.17) is 4.74 Å². The normalized spacial score (nSPS) is 20.0. The topological polar surface area (TPSA) is 39.1 Å². The van der Waals surface area contributed by atoms with E-state index < -0.39 is 0 Å². The van der Waals surface area contributed by atoms with Crippen molar-refractivity contribution in [2.45, 2.75) is 32.4 Å². The van der Waals surface area contributed by atoms with E-state index in [1.165, 1.54) is 4.88 Å². The SMILES string of the molecule is CCCNC(Cn1ccnc1-c1cccs1)C1CCOC1. The van der Waals surface area contributed by atoms with E-state index >= 15 is 0 Å². The first-order chi connectivity index (χ1) is 10.4. The zero-order valence-corrected chi connectivity index (χ0v) is 13.3. The molecule has 2 unspecified atom stereocenters. The summed E-state index contributed by atoms with van der Waals surface area (Å²) in [4.78, 5) is 5.77. The monoisotopic (exact) mass is 305 g/mol. The number of nitrogens with one attached hydrogen (secondary N) is 1. The summed E-state index contributed by atoms with van der Waals surface area (Å²) in [6, 6.07) is 4.67. The molecule has 2 atom stereocenters. The van der Waals surface area contributed by atoms with Crippen LogP contribution >= 0.6 is 11.3 Å². The first-order valence-corrected chi connectivity index (χ1v) is 8.62. The average Bonchev–Trinajstić information content (AvgIpc) is 3.24. The Morgan fingerprint density at radius 1 is 1.57 bits per heavy atom. The van der Waals surface area contributed by atoms with Crippen molar-refractivity contribution >= 4 is 11.3 Å². The highest BCUT2D eigenvalue weighted by Crippen LogP contribution is 2.25. The molecule has 21 heavy (non-hydrogen) atoms. The van der Waals surface area contributed by atoms with Gasteiger partial charge in [0.2, 0.25) is 0 Å². The molecule has 0 bridgehead atoms. The Bertz CT molecular complexity index is 531. The van der Waals surface area contributed by atoms with Gasteiger partial charge in [0.1, 0.15) is 5.82 Å². The highest BCUT2D eigenvalue weighted by molar-refractivity contribution is 7.13. The van der Waals surface area contributed by atoms with Crippen LogP contribution in [0.25, 0.3) is 10.7 Å². The van der Waals surface area contributed by atoms with Crippen LogP contribution in [0.4, 0.5) is 0 Å². The fourth-order valence-electron chi connectivity index (χ4n) is 2.88. The van der Waals surface area contributed by atoms with E-state index in [0.717, 1.165) is 45.0 Å². The highest BCUT2D eigenvalue weighted by Gasteiger charge is 2.26. The fourth-order valence-corrected chi connectivity index (χ4v) is 3.62. The maximum atomic E-state index is 5.58. The van der Waals surface area contributed by atoms with Crippen molar-refractivity contribution in [2.24, 2.45) is 5.92 Å². The van der Waals surface area contributed by atoms with Crippen LogP contribution in [-0.4, -0.2) is 35.4 Å². The zero-order valence-electron chi connectivity index (χ0n) is 12.5. The first-order valence-electron chi connectivity index (χ1n) is 7.74. The largest absolute Gasteiger partial charge is 0.381 e. The second-order valence-corrected chi connectivity index (χ2v) is 6.51. The molecular weight excluding hydrogens is 282 g/mol. The van der Waals surface area contributed by atoms with Crippen LogP contribution in [0.3, 0.4) is 0 Å². The maximum Gasteiger partial charge on any atom is 0.150 e. The minimum atomic E-state index is 0.459. The summed E-state index contributed by atoms with van der Waals surface area (Å²) in [6.45, 7) is 6.01. The van der Waals surface area contributed by atoms with Gasteiger partial charge in [0.15, 0.2) is 0 Å². The number of aromatic nitrogens is 2. The van der Waals surface area contributed by atoms with E-state index in [2.05, 4.69) is 45.5 Å². The van der Waals surface area contributed by atoms with Gasteiger partial charge in [0.25, 0.3) is 0 Å². The zero-order chi connectivity index (χ0) is 14.5. The molecule has 1 saturated heterocycles. The number of hydrogen-bond acceptors (Lipinski definition) is 4. The third kappa shape index (κ3) is 3.54. The minimum Gasteiger partial charge on any atom is -0.381 e. The van der Waals surface area contributed by atoms with Gasteiger partial charge in [-0.3, -0.25) is 0 Å². The maximum absolute atomic E-state index is 5.58. The van der Waals surface area contributed by atoms with E-state index in [9.17, 15) is 0 Å². The summed E-state index contributed by atoms with van der Waals surface area (Å²) in [5, 5.41) is 5.80. The smallest absolute Gasteiger partial charge is 0.150 e. The van der Waals surface area contributed by atoms with Gasteiger partial charge in [0, 0.05) is 37.5 Å². The summed E-state index contributed by atoms with van der Waals surface area (Å²) in [7, 11) is 0. The molecule has 1 fully saturated rings. The predicted molar refractivity (Wildman–Crippen MR) is 86.5 cm³/mol. The third-order valence-electron chi connectivity index (χ3n) is 4.04. The van der Waals surface area contributed by atoms with Crippen LogP contribution in [-0.2, 0) is 11.3 Å². The lowest BCUT2D eigenvalue weighted by molar-refractivity contribution is 0.173. The molecule has 0 aromatic carbocycles. The minimum absolute atomic E-state index is 0.459. The molecule has 3 heterocycles.